The molecule has 2 rings (SSSR count). The van der Waals surface area contributed by atoms with Gasteiger partial charge in [-0.05, 0) is 55.1 Å². The van der Waals surface area contributed by atoms with Crippen molar-refractivity contribution in [3.8, 4) is 11.5 Å². The Bertz CT molecular complexity index is 662. The van der Waals surface area contributed by atoms with Crippen LogP contribution in [-0.4, -0.2) is 39.3 Å². The molecular weight excluding hydrogens is 286 g/mol. The van der Waals surface area contributed by atoms with Gasteiger partial charge in [-0.25, -0.2) is 0 Å². The fraction of sp³-hybridized carbons (Fsp3) is 0.500. The Balaban J connectivity index is 2.52. The zero-order chi connectivity index (χ0) is 17.0. The fourth-order valence-corrected chi connectivity index (χ4v) is 2.79. The number of likely N-dealkylation sites (N-methyl/N-ethyl adjacent to an activating group) is 1. The van der Waals surface area contributed by atoms with Crippen molar-refractivity contribution in [3.05, 3.63) is 35.4 Å². The minimum atomic E-state index is 0.429. The lowest BCUT2D eigenvalue weighted by Crippen LogP contribution is -2.19. The van der Waals surface area contributed by atoms with Crippen molar-refractivity contribution < 1.29 is 9.47 Å². The smallest absolute Gasteiger partial charge is 0.130 e. The maximum absolute atomic E-state index is 6.15. The number of benzene rings is 2. The second-order valence-corrected chi connectivity index (χ2v) is 6.53. The number of hydrogen-bond acceptors (Lipinski definition) is 3. The van der Waals surface area contributed by atoms with E-state index in [2.05, 4.69) is 64.0 Å². The summed E-state index contributed by atoms with van der Waals surface area (Å²) in [6, 6.07) is 8.74. The molecule has 0 bridgehead atoms. The molecule has 0 fully saturated rings. The number of methoxy groups -OCH3 is 1. The summed E-state index contributed by atoms with van der Waals surface area (Å²) in [5.41, 5.74) is 2.49. The van der Waals surface area contributed by atoms with E-state index < -0.39 is 0 Å². The molecule has 0 heterocycles. The minimum Gasteiger partial charge on any atom is -0.496 e. The highest BCUT2D eigenvalue weighted by molar-refractivity contribution is 5.91. The topological polar surface area (TPSA) is 21.7 Å². The third kappa shape index (κ3) is 3.97. The zero-order valence-corrected chi connectivity index (χ0v) is 15.3. The van der Waals surface area contributed by atoms with E-state index in [0.29, 0.717) is 12.5 Å². The Labute approximate surface area is 140 Å². The largest absolute Gasteiger partial charge is 0.496 e. The van der Waals surface area contributed by atoms with Crippen molar-refractivity contribution in [2.75, 3.05) is 34.4 Å². The van der Waals surface area contributed by atoms with Crippen LogP contribution in [-0.2, 0) is 6.42 Å². The minimum absolute atomic E-state index is 0.429. The Morgan fingerprint density at radius 2 is 1.87 bits per heavy atom. The first-order valence-corrected chi connectivity index (χ1v) is 8.39. The first kappa shape index (κ1) is 17.6. The number of fused-ring (bicyclic) bond motifs is 1. The summed E-state index contributed by atoms with van der Waals surface area (Å²) in [6.07, 6.45) is 0.960. The van der Waals surface area contributed by atoms with Crippen molar-refractivity contribution in [1.29, 1.82) is 0 Å². The second kappa shape index (κ2) is 7.69. The Kier molecular flexibility index (Phi) is 5.89. The first-order chi connectivity index (χ1) is 11.0. The van der Waals surface area contributed by atoms with Crippen molar-refractivity contribution in [3.63, 3.8) is 0 Å². The van der Waals surface area contributed by atoms with E-state index in [0.717, 1.165) is 29.9 Å². The van der Waals surface area contributed by atoms with Gasteiger partial charge < -0.3 is 14.4 Å². The van der Waals surface area contributed by atoms with Crippen molar-refractivity contribution in [2.45, 2.75) is 33.1 Å². The van der Waals surface area contributed by atoms with Gasteiger partial charge in [-0.1, -0.05) is 32.9 Å². The normalized spacial score (nSPS) is 11.5. The van der Waals surface area contributed by atoms with E-state index >= 15 is 0 Å². The molecule has 0 spiro atoms. The summed E-state index contributed by atoms with van der Waals surface area (Å²) < 4.78 is 11.8. The summed E-state index contributed by atoms with van der Waals surface area (Å²) in [5, 5.41) is 2.36. The Hall–Kier alpha value is -1.74. The van der Waals surface area contributed by atoms with Gasteiger partial charge in [0, 0.05) is 11.9 Å². The van der Waals surface area contributed by atoms with Gasteiger partial charge in [-0.15, -0.1) is 0 Å². The van der Waals surface area contributed by atoms with Crippen LogP contribution >= 0.6 is 0 Å². The van der Waals surface area contributed by atoms with Crippen molar-refractivity contribution in [2.24, 2.45) is 0 Å². The molecule has 0 saturated carbocycles. The molecule has 0 aliphatic carbocycles. The van der Waals surface area contributed by atoms with Gasteiger partial charge in [-0.3, -0.25) is 0 Å². The summed E-state index contributed by atoms with van der Waals surface area (Å²) >= 11 is 0. The third-order valence-electron chi connectivity index (χ3n) is 4.19. The van der Waals surface area contributed by atoms with E-state index in [1.807, 2.05) is 0 Å². The average Bonchev–Trinajstić information content (AvgIpc) is 2.53. The summed E-state index contributed by atoms with van der Waals surface area (Å²) in [6.45, 7) is 8.14. The van der Waals surface area contributed by atoms with Gasteiger partial charge in [0.15, 0.2) is 0 Å². The standard InChI is InChI=1S/C20H29NO2/c1-7-15-8-9-16-12-17(14(2)3)19(22-6)13-18(16)20(15)23-11-10-21(4)5/h8-9,12-14H,7,10-11H2,1-6H3. The van der Waals surface area contributed by atoms with E-state index in [9.17, 15) is 0 Å². The lowest BCUT2D eigenvalue weighted by Gasteiger charge is -2.18. The predicted octanol–water partition coefficient (Wildman–Crippen LogP) is 4.47. The van der Waals surface area contributed by atoms with Gasteiger partial charge in [0.25, 0.3) is 0 Å². The Morgan fingerprint density at radius 1 is 1.13 bits per heavy atom. The van der Waals surface area contributed by atoms with Crippen LogP contribution in [0.4, 0.5) is 0 Å². The average molecular weight is 315 g/mol. The van der Waals surface area contributed by atoms with Crippen LogP contribution in [0.3, 0.4) is 0 Å². The molecule has 23 heavy (non-hydrogen) atoms. The number of aryl methyl sites for hydroxylation is 1. The molecule has 0 N–H and O–H groups in total. The lowest BCUT2D eigenvalue weighted by molar-refractivity contribution is 0.262. The van der Waals surface area contributed by atoms with E-state index in [1.54, 1.807) is 7.11 Å². The van der Waals surface area contributed by atoms with Gasteiger partial charge in [0.1, 0.15) is 18.1 Å². The van der Waals surface area contributed by atoms with E-state index in [1.165, 1.54) is 16.5 Å². The third-order valence-corrected chi connectivity index (χ3v) is 4.19. The summed E-state index contributed by atoms with van der Waals surface area (Å²) in [5.74, 6) is 2.37. The van der Waals surface area contributed by atoms with Crippen LogP contribution in [0.15, 0.2) is 24.3 Å². The zero-order valence-electron chi connectivity index (χ0n) is 15.3. The molecular formula is C20H29NO2. The van der Waals surface area contributed by atoms with Gasteiger partial charge >= 0.3 is 0 Å². The molecule has 3 nitrogen and oxygen atoms in total. The van der Waals surface area contributed by atoms with Crippen molar-refractivity contribution in [1.82, 2.24) is 4.90 Å². The molecule has 0 saturated heterocycles. The molecule has 126 valence electrons. The number of hydrogen-bond donors (Lipinski definition) is 0. The summed E-state index contributed by atoms with van der Waals surface area (Å²) in [4.78, 5) is 2.13. The van der Waals surface area contributed by atoms with Crippen LogP contribution in [0.1, 0.15) is 37.8 Å². The van der Waals surface area contributed by atoms with Crippen molar-refractivity contribution >= 4 is 10.8 Å². The monoisotopic (exact) mass is 315 g/mol. The molecule has 3 heteroatoms. The quantitative estimate of drug-likeness (QED) is 0.752. The molecule has 0 atom stereocenters. The number of nitrogens with zero attached hydrogens (tertiary/aromatic N) is 1. The maximum atomic E-state index is 6.15. The van der Waals surface area contributed by atoms with Crippen LogP contribution in [0, 0.1) is 0 Å². The van der Waals surface area contributed by atoms with E-state index in [-0.39, 0.29) is 0 Å². The number of rotatable bonds is 7. The molecule has 0 amide bonds. The highest BCUT2D eigenvalue weighted by atomic mass is 16.5. The summed E-state index contributed by atoms with van der Waals surface area (Å²) in [7, 11) is 5.86. The molecule has 2 aromatic rings. The predicted molar refractivity (Wildman–Crippen MR) is 98.0 cm³/mol. The first-order valence-electron chi connectivity index (χ1n) is 8.39. The fourth-order valence-electron chi connectivity index (χ4n) is 2.79. The number of ether oxygens (including phenoxy) is 2. The van der Waals surface area contributed by atoms with E-state index in [4.69, 9.17) is 9.47 Å². The van der Waals surface area contributed by atoms with Gasteiger partial charge in [0.05, 0.1) is 7.11 Å². The van der Waals surface area contributed by atoms with Crippen LogP contribution in [0.25, 0.3) is 10.8 Å². The SMILES string of the molecule is CCc1ccc2cc(C(C)C)c(OC)cc2c1OCCN(C)C. The van der Waals surface area contributed by atoms with Crippen LogP contribution < -0.4 is 9.47 Å². The molecule has 0 aliphatic heterocycles. The molecule has 0 radical (unpaired) electrons. The van der Waals surface area contributed by atoms with Gasteiger partial charge in [-0.2, -0.15) is 0 Å². The molecule has 0 aromatic heterocycles. The highest BCUT2D eigenvalue weighted by Gasteiger charge is 2.14. The molecule has 0 aliphatic rings. The second-order valence-electron chi connectivity index (χ2n) is 6.53. The Morgan fingerprint density at radius 3 is 2.43 bits per heavy atom. The maximum Gasteiger partial charge on any atom is 0.130 e. The van der Waals surface area contributed by atoms with Gasteiger partial charge in [0.2, 0.25) is 0 Å². The van der Waals surface area contributed by atoms with Crippen LogP contribution in [0.5, 0.6) is 11.5 Å². The lowest BCUT2D eigenvalue weighted by atomic mass is 9.96. The molecule has 0 unspecified atom stereocenters. The van der Waals surface area contributed by atoms with Crippen LogP contribution in [0.2, 0.25) is 0 Å². The molecule has 2 aromatic carbocycles. The highest BCUT2D eigenvalue weighted by Crippen LogP contribution is 2.37.